The molecule has 2 heterocycles. The van der Waals surface area contributed by atoms with E-state index < -0.39 is 0 Å². The smallest absolute Gasteiger partial charge is 0.225 e. The topological polar surface area (TPSA) is 74.6 Å². The average Bonchev–Trinajstić information content (AvgIpc) is 3.15. The van der Waals surface area contributed by atoms with Crippen LogP contribution in [0.4, 0.5) is 5.69 Å². The zero-order valence-electron chi connectivity index (χ0n) is 13.7. The van der Waals surface area contributed by atoms with Gasteiger partial charge >= 0.3 is 0 Å². The maximum Gasteiger partial charge on any atom is 0.225 e. The fourth-order valence-electron chi connectivity index (χ4n) is 3.26. The Bertz CT molecular complexity index is 600. The molecule has 0 radical (unpaired) electrons. The van der Waals surface area contributed by atoms with Gasteiger partial charge in [-0.05, 0) is 38.1 Å². The summed E-state index contributed by atoms with van der Waals surface area (Å²) in [6, 6.07) is 9.15. The lowest BCUT2D eigenvalue weighted by atomic mass is 9.96. The van der Waals surface area contributed by atoms with Crippen molar-refractivity contribution in [2.45, 2.75) is 25.6 Å². The number of likely N-dealkylation sites (tertiary alicyclic amines) is 1. The van der Waals surface area contributed by atoms with E-state index in [4.69, 9.17) is 14.7 Å². The van der Waals surface area contributed by atoms with Crippen molar-refractivity contribution in [3.8, 4) is 6.07 Å². The highest BCUT2D eigenvalue weighted by Crippen LogP contribution is 2.25. The molecule has 0 atom stereocenters. The highest BCUT2D eigenvalue weighted by atomic mass is 16.7. The Balaban J connectivity index is 1.40. The molecule has 2 saturated heterocycles. The van der Waals surface area contributed by atoms with E-state index in [1.54, 1.807) is 18.2 Å². The van der Waals surface area contributed by atoms with Crippen molar-refractivity contribution in [1.29, 1.82) is 5.26 Å². The Kier molecular flexibility index (Phi) is 5.81. The fraction of sp³-hybridized carbons (Fsp3) is 0.556. The summed E-state index contributed by atoms with van der Waals surface area (Å²) in [5.74, 6) is 0.419. The Hall–Kier alpha value is -1.94. The summed E-state index contributed by atoms with van der Waals surface area (Å²) in [4.78, 5) is 14.4. The van der Waals surface area contributed by atoms with Crippen molar-refractivity contribution in [3.63, 3.8) is 0 Å². The molecule has 0 spiro atoms. The predicted molar refractivity (Wildman–Crippen MR) is 89.3 cm³/mol. The van der Waals surface area contributed by atoms with Gasteiger partial charge in [-0.1, -0.05) is 12.1 Å². The molecule has 128 valence electrons. The first-order valence-corrected chi connectivity index (χ1v) is 8.51. The van der Waals surface area contributed by atoms with Crippen LogP contribution in [0.2, 0.25) is 0 Å². The minimum atomic E-state index is -0.0534. The summed E-state index contributed by atoms with van der Waals surface area (Å²) in [5.41, 5.74) is 1.07. The van der Waals surface area contributed by atoms with Crippen molar-refractivity contribution >= 4 is 11.6 Å². The summed E-state index contributed by atoms with van der Waals surface area (Å²) >= 11 is 0. The van der Waals surface area contributed by atoms with Gasteiger partial charge in [0.25, 0.3) is 0 Å². The third kappa shape index (κ3) is 4.32. The second-order valence-corrected chi connectivity index (χ2v) is 6.24. The first-order chi connectivity index (χ1) is 11.8. The number of carbonyl (C=O) groups is 1. The maximum atomic E-state index is 12.1. The molecular formula is C18H23N3O3. The Labute approximate surface area is 142 Å². The Morgan fingerprint density at radius 1 is 1.25 bits per heavy atom. The number of nitrogens with one attached hydrogen (secondary N) is 1. The van der Waals surface area contributed by atoms with Gasteiger partial charge in [-0.3, -0.25) is 4.79 Å². The van der Waals surface area contributed by atoms with Crippen LogP contribution in [0.5, 0.6) is 0 Å². The molecule has 2 fully saturated rings. The lowest BCUT2D eigenvalue weighted by Gasteiger charge is -2.33. The molecule has 0 bridgehead atoms. The summed E-state index contributed by atoms with van der Waals surface area (Å²) in [6.07, 6.45) is 2.49. The normalized spacial score (nSPS) is 20.0. The fourth-order valence-corrected chi connectivity index (χ4v) is 3.26. The number of anilines is 1. The predicted octanol–water partition coefficient (Wildman–Crippen LogP) is 1.97. The van der Waals surface area contributed by atoms with E-state index in [9.17, 15) is 4.79 Å². The summed E-state index contributed by atoms with van der Waals surface area (Å²) in [5, 5.41) is 11.9. The minimum absolute atomic E-state index is 0.0297. The van der Waals surface area contributed by atoms with E-state index in [-0.39, 0.29) is 12.2 Å². The number of ether oxygens (including phenoxy) is 2. The molecule has 2 aliphatic rings. The second-order valence-electron chi connectivity index (χ2n) is 6.24. The lowest BCUT2D eigenvalue weighted by Crippen LogP contribution is -2.39. The standard InChI is InChI=1S/C18H23N3O3/c19-13-15-3-1-2-4-16(15)20-17(22)7-10-21-8-5-14(6-9-21)18-23-11-12-24-18/h1-4,14,18H,5-12H2,(H,20,22). The molecule has 1 aromatic rings. The number of rotatable bonds is 5. The molecule has 0 saturated carbocycles. The molecule has 0 aliphatic carbocycles. The molecule has 6 heteroatoms. The molecule has 24 heavy (non-hydrogen) atoms. The molecule has 1 aromatic carbocycles. The van der Waals surface area contributed by atoms with Gasteiger partial charge in [0.15, 0.2) is 6.29 Å². The van der Waals surface area contributed by atoms with Crippen molar-refractivity contribution < 1.29 is 14.3 Å². The van der Waals surface area contributed by atoms with Crippen molar-refractivity contribution in [3.05, 3.63) is 29.8 Å². The molecular weight excluding hydrogens is 306 g/mol. The SMILES string of the molecule is N#Cc1ccccc1NC(=O)CCN1CCC(C2OCCO2)CC1. The van der Waals surface area contributed by atoms with E-state index in [1.807, 2.05) is 6.07 Å². The van der Waals surface area contributed by atoms with Gasteiger partial charge < -0.3 is 19.7 Å². The number of nitrogens with zero attached hydrogens (tertiary/aromatic N) is 2. The van der Waals surface area contributed by atoms with Gasteiger partial charge in [0.1, 0.15) is 6.07 Å². The van der Waals surface area contributed by atoms with Gasteiger partial charge in [0.2, 0.25) is 5.91 Å². The number of piperidine rings is 1. The molecule has 0 unspecified atom stereocenters. The highest BCUT2D eigenvalue weighted by molar-refractivity contribution is 5.92. The molecule has 1 N–H and O–H groups in total. The average molecular weight is 329 g/mol. The van der Waals surface area contributed by atoms with Gasteiger partial charge in [0, 0.05) is 18.9 Å². The maximum absolute atomic E-state index is 12.1. The van der Waals surface area contributed by atoms with Crippen molar-refractivity contribution in [1.82, 2.24) is 4.90 Å². The number of carbonyl (C=O) groups excluding carboxylic acids is 1. The summed E-state index contributed by atoms with van der Waals surface area (Å²) in [7, 11) is 0. The third-order valence-electron chi connectivity index (χ3n) is 4.64. The summed E-state index contributed by atoms with van der Waals surface area (Å²) in [6.45, 7) is 4.08. The third-order valence-corrected chi connectivity index (χ3v) is 4.64. The first-order valence-electron chi connectivity index (χ1n) is 8.51. The van der Waals surface area contributed by atoms with Crippen LogP contribution in [0.15, 0.2) is 24.3 Å². The van der Waals surface area contributed by atoms with Crippen LogP contribution >= 0.6 is 0 Å². The number of nitriles is 1. The van der Waals surface area contributed by atoms with Crippen LogP contribution < -0.4 is 5.32 Å². The number of benzene rings is 1. The van der Waals surface area contributed by atoms with E-state index in [2.05, 4.69) is 16.3 Å². The number of hydrogen-bond donors (Lipinski definition) is 1. The number of para-hydroxylation sites is 1. The van der Waals surface area contributed by atoms with E-state index in [0.29, 0.717) is 36.8 Å². The van der Waals surface area contributed by atoms with Crippen LogP contribution in [0.25, 0.3) is 0 Å². The molecule has 0 aromatic heterocycles. The molecule has 1 amide bonds. The zero-order valence-corrected chi connectivity index (χ0v) is 13.7. The van der Waals surface area contributed by atoms with Gasteiger partial charge in [0.05, 0.1) is 24.5 Å². The summed E-state index contributed by atoms with van der Waals surface area (Å²) < 4.78 is 11.2. The minimum Gasteiger partial charge on any atom is -0.350 e. The first kappa shape index (κ1) is 16.9. The highest BCUT2D eigenvalue weighted by Gasteiger charge is 2.30. The van der Waals surface area contributed by atoms with Gasteiger partial charge in [-0.2, -0.15) is 5.26 Å². The van der Waals surface area contributed by atoms with Gasteiger partial charge in [-0.15, -0.1) is 0 Å². The molecule has 3 rings (SSSR count). The quantitative estimate of drug-likeness (QED) is 0.894. The lowest BCUT2D eigenvalue weighted by molar-refractivity contribution is -0.117. The zero-order chi connectivity index (χ0) is 16.8. The van der Waals surface area contributed by atoms with Crippen LogP contribution in [-0.2, 0) is 14.3 Å². The Morgan fingerprint density at radius 2 is 1.96 bits per heavy atom. The van der Waals surface area contributed by atoms with Crippen molar-refractivity contribution in [2.75, 3.05) is 38.2 Å². The van der Waals surface area contributed by atoms with E-state index in [0.717, 1.165) is 32.5 Å². The van der Waals surface area contributed by atoms with Crippen LogP contribution in [0.1, 0.15) is 24.8 Å². The van der Waals surface area contributed by atoms with Crippen molar-refractivity contribution in [2.24, 2.45) is 5.92 Å². The Morgan fingerprint density at radius 3 is 2.67 bits per heavy atom. The number of amides is 1. The van der Waals surface area contributed by atoms with Crippen LogP contribution in [0, 0.1) is 17.2 Å². The van der Waals surface area contributed by atoms with Crippen LogP contribution in [0.3, 0.4) is 0 Å². The van der Waals surface area contributed by atoms with Crippen LogP contribution in [-0.4, -0.2) is 49.9 Å². The monoisotopic (exact) mass is 329 g/mol. The second kappa shape index (κ2) is 8.25. The van der Waals surface area contributed by atoms with Gasteiger partial charge in [-0.25, -0.2) is 0 Å². The van der Waals surface area contributed by atoms with E-state index >= 15 is 0 Å². The number of hydrogen-bond acceptors (Lipinski definition) is 5. The van der Waals surface area contributed by atoms with E-state index in [1.165, 1.54) is 0 Å². The largest absolute Gasteiger partial charge is 0.350 e. The molecule has 2 aliphatic heterocycles. The molecule has 6 nitrogen and oxygen atoms in total.